The molecule has 1 aliphatic rings. The van der Waals surface area contributed by atoms with E-state index < -0.39 is 0 Å². The van der Waals surface area contributed by atoms with E-state index >= 15 is 0 Å². The third-order valence-corrected chi connectivity index (χ3v) is 5.85. The van der Waals surface area contributed by atoms with Gasteiger partial charge in [0.15, 0.2) is 11.5 Å². The van der Waals surface area contributed by atoms with Crippen LogP contribution in [0.2, 0.25) is 0 Å². The SMILES string of the molecule is CC(C)c1cc(C(=O)N2CCCCC[C@@H]2c2cc(-c3cccs3)on2)no1. The van der Waals surface area contributed by atoms with Crippen LogP contribution >= 0.6 is 11.3 Å². The summed E-state index contributed by atoms with van der Waals surface area (Å²) in [5.41, 5.74) is 1.17. The maximum atomic E-state index is 13.2. The summed E-state index contributed by atoms with van der Waals surface area (Å²) in [6.07, 6.45) is 4.02. The first-order chi connectivity index (χ1) is 13.1. The van der Waals surface area contributed by atoms with Crippen LogP contribution < -0.4 is 0 Å². The Bertz CT molecular complexity index is 897. The highest BCUT2D eigenvalue weighted by atomic mass is 32.1. The summed E-state index contributed by atoms with van der Waals surface area (Å²) in [4.78, 5) is 16.1. The Labute approximate surface area is 162 Å². The second-order valence-corrected chi connectivity index (χ2v) is 8.17. The number of rotatable bonds is 4. The molecule has 0 N–H and O–H groups in total. The van der Waals surface area contributed by atoms with Gasteiger partial charge in [0, 0.05) is 24.6 Å². The van der Waals surface area contributed by atoms with Crippen molar-refractivity contribution in [3.05, 3.63) is 46.8 Å². The number of aromatic nitrogens is 2. The first kappa shape index (κ1) is 18.0. The largest absolute Gasteiger partial charge is 0.360 e. The van der Waals surface area contributed by atoms with Crippen molar-refractivity contribution in [2.24, 2.45) is 0 Å². The summed E-state index contributed by atoms with van der Waals surface area (Å²) in [5, 5.41) is 10.3. The van der Waals surface area contributed by atoms with Crippen LogP contribution in [0.5, 0.6) is 0 Å². The van der Waals surface area contributed by atoms with Crippen molar-refractivity contribution in [2.45, 2.75) is 51.5 Å². The minimum atomic E-state index is -0.100. The van der Waals surface area contributed by atoms with E-state index in [0.717, 1.165) is 47.8 Å². The van der Waals surface area contributed by atoms with Gasteiger partial charge in [0.2, 0.25) is 0 Å². The highest BCUT2D eigenvalue weighted by Gasteiger charge is 2.31. The molecule has 3 aromatic heterocycles. The molecular weight excluding hydrogens is 362 g/mol. The van der Waals surface area contributed by atoms with Crippen LogP contribution in [0.1, 0.15) is 73.4 Å². The standard InChI is InChI=1S/C20H23N3O3S/c1-13(2)17-12-15(22-25-17)20(24)23-9-5-3-4-7-16(23)14-11-18(26-21-14)19-8-6-10-27-19/h6,8,10-13,16H,3-5,7,9H2,1-2H3/t16-/m1/s1. The van der Waals surface area contributed by atoms with Gasteiger partial charge >= 0.3 is 0 Å². The molecule has 1 amide bonds. The van der Waals surface area contributed by atoms with Crippen LogP contribution in [0.15, 0.2) is 38.7 Å². The Balaban J connectivity index is 1.62. The smallest absolute Gasteiger partial charge is 0.276 e. The fourth-order valence-corrected chi connectivity index (χ4v) is 4.12. The van der Waals surface area contributed by atoms with Gasteiger partial charge in [0.05, 0.1) is 10.9 Å². The van der Waals surface area contributed by atoms with Gasteiger partial charge in [0.25, 0.3) is 5.91 Å². The van der Waals surface area contributed by atoms with Gasteiger partial charge in [-0.1, -0.05) is 43.1 Å². The molecule has 0 spiro atoms. The Morgan fingerprint density at radius 2 is 2.11 bits per heavy atom. The van der Waals surface area contributed by atoms with Gasteiger partial charge in [-0.25, -0.2) is 0 Å². The summed E-state index contributed by atoms with van der Waals surface area (Å²) in [6, 6.07) is 7.62. The molecule has 1 atom stereocenters. The first-order valence-electron chi connectivity index (χ1n) is 9.41. The summed E-state index contributed by atoms with van der Waals surface area (Å²) in [7, 11) is 0. The van der Waals surface area contributed by atoms with E-state index in [1.807, 2.05) is 42.3 Å². The zero-order valence-corrected chi connectivity index (χ0v) is 16.4. The molecule has 0 unspecified atom stereocenters. The van der Waals surface area contributed by atoms with Crippen LogP contribution in [0.3, 0.4) is 0 Å². The first-order valence-corrected chi connectivity index (χ1v) is 10.3. The van der Waals surface area contributed by atoms with Crippen LogP contribution in [0.4, 0.5) is 0 Å². The lowest BCUT2D eigenvalue weighted by Gasteiger charge is -2.27. The average molecular weight is 385 g/mol. The van der Waals surface area contributed by atoms with Crippen LogP contribution in [0, 0.1) is 0 Å². The normalized spacial score (nSPS) is 18.0. The molecule has 7 heteroatoms. The van der Waals surface area contributed by atoms with E-state index in [2.05, 4.69) is 10.3 Å². The summed E-state index contributed by atoms with van der Waals surface area (Å²) in [6.45, 7) is 4.73. The second kappa shape index (κ2) is 7.68. The topological polar surface area (TPSA) is 72.4 Å². The van der Waals surface area contributed by atoms with Gasteiger partial charge in [-0.15, -0.1) is 11.3 Å². The van der Waals surface area contributed by atoms with Crippen molar-refractivity contribution in [3.63, 3.8) is 0 Å². The molecule has 27 heavy (non-hydrogen) atoms. The predicted octanol–water partition coefficient (Wildman–Crippen LogP) is 5.27. The van der Waals surface area contributed by atoms with Gasteiger partial charge in [0.1, 0.15) is 11.5 Å². The lowest BCUT2D eigenvalue weighted by molar-refractivity contribution is 0.0663. The maximum Gasteiger partial charge on any atom is 0.276 e. The van der Waals surface area contributed by atoms with E-state index in [1.54, 1.807) is 17.4 Å². The van der Waals surface area contributed by atoms with Crippen molar-refractivity contribution in [1.82, 2.24) is 15.2 Å². The predicted molar refractivity (Wildman–Crippen MR) is 103 cm³/mol. The maximum absolute atomic E-state index is 13.2. The fraction of sp³-hybridized carbons (Fsp3) is 0.450. The molecule has 1 aliphatic heterocycles. The zero-order valence-electron chi connectivity index (χ0n) is 15.6. The summed E-state index contributed by atoms with van der Waals surface area (Å²) in [5.74, 6) is 1.58. The Morgan fingerprint density at radius 3 is 2.85 bits per heavy atom. The van der Waals surface area contributed by atoms with E-state index in [9.17, 15) is 4.79 Å². The molecule has 0 saturated carbocycles. The van der Waals surface area contributed by atoms with Crippen LogP contribution in [-0.4, -0.2) is 27.7 Å². The Morgan fingerprint density at radius 1 is 1.22 bits per heavy atom. The number of amides is 1. The van der Waals surface area contributed by atoms with Crippen molar-refractivity contribution < 1.29 is 13.8 Å². The third kappa shape index (κ3) is 3.69. The monoisotopic (exact) mass is 385 g/mol. The molecular formula is C20H23N3O3S. The summed E-state index contributed by atoms with van der Waals surface area (Å²) < 4.78 is 10.9. The number of nitrogens with zero attached hydrogens (tertiary/aromatic N) is 3. The van der Waals surface area contributed by atoms with Crippen molar-refractivity contribution in [2.75, 3.05) is 6.54 Å². The van der Waals surface area contributed by atoms with Crippen molar-refractivity contribution in [3.8, 4) is 10.6 Å². The molecule has 0 aliphatic carbocycles. The van der Waals surface area contributed by atoms with Crippen molar-refractivity contribution in [1.29, 1.82) is 0 Å². The molecule has 1 fully saturated rings. The second-order valence-electron chi connectivity index (χ2n) is 7.23. The van der Waals surface area contributed by atoms with E-state index in [1.165, 1.54) is 0 Å². The highest BCUT2D eigenvalue weighted by Crippen LogP contribution is 2.34. The molecule has 3 aromatic rings. The van der Waals surface area contributed by atoms with E-state index in [0.29, 0.717) is 12.2 Å². The van der Waals surface area contributed by atoms with Crippen LogP contribution in [0.25, 0.3) is 10.6 Å². The summed E-state index contributed by atoms with van der Waals surface area (Å²) >= 11 is 1.61. The van der Waals surface area contributed by atoms with E-state index in [4.69, 9.17) is 9.05 Å². The molecule has 0 aromatic carbocycles. The number of thiophene rings is 1. The zero-order chi connectivity index (χ0) is 18.8. The quantitative estimate of drug-likeness (QED) is 0.611. The molecule has 0 bridgehead atoms. The molecule has 4 heterocycles. The van der Waals surface area contributed by atoms with Crippen LogP contribution in [-0.2, 0) is 0 Å². The Kier molecular flexibility index (Phi) is 5.11. The third-order valence-electron chi connectivity index (χ3n) is 4.96. The van der Waals surface area contributed by atoms with Gasteiger partial charge in [-0.3, -0.25) is 4.79 Å². The molecule has 142 valence electrons. The number of carbonyl (C=O) groups excluding carboxylic acids is 1. The number of hydrogen-bond donors (Lipinski definition) is 0. The van der Waals surface area contributed by atoms with Gasteiger partial charge in [-0.05, 0) is 24.3 Å². The minimum absolute atomic E-state index is 0.0989. The van der Waals surface area contributed by atoms with Crippen molar-refractivity contribution >= 4 is 17.2 Å². The molecule has 0 radical (unpaired) electrons. The Hall–Kier alpha value is -2.41. The molecule has 4 rings (SSSR count). The van der Waals surface area contributed by atoms with E-state index in [-0.39, 0.29) is 17.9 Å². The fourth-order valence-electron chi connectivity index (χ4n) is 3.45. The lowest BCUT2D eigenvalue weighted by Crippen LogP contribution is -2.35. The van der Waals surface area contributed by atoms with Gasteiger partial charge < -0.3 is 13.9 Å². The molecule has 6 nitrogen and oxygen atoms in total. The highest BCUT2D eigenvalue weighted by molar-refractivity contribution is 7.13. The average Bonchev–Trinajstić information content (AvgIpc) is 3.39. The number of carbonyl (C=O) groups is 1. The number of likely N-dealkylation sites (tertiary alicyclic amines) is 1. The minimum Gasteiger partial charge on any atom is -0.360 e. The lowest BCUT2D eigenvalue weighted by atomic mass is 10.1. The van der Waals surface area contributed by atoms with Gasteiger partial charge in [-0.2, -0.15) is 0 Å². The molecule has 1 saturated heterocycles. The number of hydrogen-bond acceptors (Lipinski definition) is 6.